The SMILES string of the molecule is CC/C=C\C/C=C\C/C=C\C/C=C\CCCCCCCCCCCCCCCCCCCCCCCCCCC(=O)OC(COC(=O)CCCCCCCCCCCCCCCCCCCCCCCCCCC/C=C\CCCCCCCCCC)COP(=O)([O-])OCC[N+](C)(C)C. The van der Waals surface area contributed by atoms with Crippen molar-refractivity contribution in [2.75, 3.05) is 47.5 Å². The molecule has 0 bridgehead atoms. The van der Waals surface area contributed by atoms with Crippen LogP contribution in [0.2, 0.25) is 0 Å². The number of rotatable bonds is 81. The van der Waals surface area contributed by atoms with E-state index in [1.807, 2.05) is 21.1 Å². The van der Waals surface area contributed by atoms with Crippen LogP contribution >= 0.6 is 7.82 Å². The molecule has 0 N–H and O–H groups in total. The van der Waals surface area contributed by atoms with Crippen LogP contribution in [0.4, 0.5) is 0 Å². The molecule has 0 aliphatic rings. The molecule has 0 spiro atoms. The first-order valence-corrected chi connectivity index (χ1v) is 44.5. The molecule has 0 radical (unpaired) electrons. The van der Waals surface area contributed by atoms with Gasteiger partial charge in [-0.15, -0.1) is 0 Å². The van der Waals surface area contributed by atoms with Gasteiger partial charge >= 0.3 is 11.9 Å². The Labute approximate surface area is 610 Å². The molecule has 0 heterocycles. The quantitative estimate of drug-likeness (QED) is 0.0195. The summed E-state index contributed by atoms with van der Waals surface area (Å²) in [7, 11) is 1.19. The zero-order valence-electron chi connectivity index (χ0n) is 66.0. The number of carbonyl (C=O) groups excluding carboxylic acids is 2. The minimum Gasteiger partial charge on any atom is -0.756 e. The van der Waals surface area contributed by atoms with Gasteiger partial charge in [0.15, 0.2) is 6.10 Å². The highest BCUT2D eigenvalue weighted by molar-refractivity contribution is 7.45. The van der Waals surface area contributed by atoms with Gasteiger partial charge in [0, 0.05) is 12.8 Å². The van der Waals surface area contributed by atoms with Gasteiger partial charge in [-0.25, -0.2) is 0 Å². The molecular formula is C88H166NO8P. The molecule has 2 atom stereocenters. The summed E-state index contributed by atoms with van der Waals surface area (Å²) in [6, 6.07) is 0. The number of hydrogen-bond acceptors (Lipinski definition) is 8. The molecule has 0 aromatic heterocycles. The number of allylic oxidation sites excluding steroid dienone is 10. The van der Waals surface area contributed by atoms with Crippen LogP contribution in [0.5, 0.6) is 0 Å². The molecule has 98 heavy (non-hydrogen) atoms. The van der Waals surface area contributed by atoms with Gasteiger partial charge in [-0.2, -0.15) is 0 Å². The standard InChI is InChI=1S/C88H166NO8P/c1-6-8-10-12-14-16-18-20-22-24-26-28-30-32-34-36-38-40-42-44-46-48-50-52-54-56-58-60-62-64-66-68-70-72-74-76-78-80-87(90)94-84-86(85-96-98(92,93)95-83-82-89(3,4)5)97-88(91)81-79-77-75-73-71-69-67-65-63-61-59-57-55-53-51-49-47-45-43-41-39-37-35-33-31-29-27-25-23-21-19-17-15-13-11-9-7-2/h9,11,15,17,21,23-24,26-27,29,86H,6-8,10,12-14,16,18-20,22,25,28,30-85H2,1-5H3/b11-9-,17-15-,23-21-,26-24-,29-27-. The van der Waals surface area contributed by atoms with Crippen LogP contribution in [0.3, 0.4) is 0 Å². The molecule has 10 heteroatoms. The molecule has 0 rings (SSSR count). The molecule has 2 unspecified atom stereocenters. The summed E-state index contributed by atoms with van der Waals surface area (Å²) in [5, 5.41) is 0. The van der Waals surface area contributed by atoms with Crippen molar-refractivity contribution in [2.45, 2.75) is 444 Å². The van der Waals surface area contributed by atoms with Gasteiger partial charge in [-0.05, 0) is 77.0 Å². The largest absolute Gasteiger partial charge is 0.756 e. The maximum Gasteiger partial charge on any atom is 0.306 e. The van der Waals surface area contributed by atoms with Crippen molar-refractivity contribution in [1.82, 2.24) is 0 Å². The monoisotopic (exact) mass is 1400 g/mol. The van der Waals surface area contributed by atoms with Crippen molar-refractivity contribution in [3.8, 4) is 0 Å². The predicted octanol–water partition coefficient (Wildman–Crippen LogP) is 28.2. The summed E-state index contributed by atoms with van der Waals surface area (Å²) in [4.78, 5) is 38.2. The zero-order valence-corrected chi connectivity index (χ0v) is 66.9. The molecule has 0 aliphatic heterocycles. The molecule has 576 valence electrons. The Morgan fingerprint density at radius 1 is 0.327 bits per heavy atom. The number of likely N-dealkylation sites (N-methyl/N-ethyl adjacent to an activating group) is 1. The van der Waals surface area contributed by atoms with Gasteiger partial charge in [-0.1, -0.05) is 408 Å². The van der Waals surface area contributed by atoms with Crippen molar-refractivity contribution < 1.29 is 42.1 Å². The molecular weight excluding hydrogens is 1230 g/mol. The Hall–Kier alpha value is -2.29. The number of esters is 2. The lowest BCUT2D eigenvalue weighted by Gasteiger charge is -2.28. The van der Waals surface area contributed by atoms with E-state index < -0.39 is 26.5 Å². The fraction of sp³-hybridized carbons (Fsp3) is 0.864. The van der Waals surface area contributed by atoms with Crippen LogP contribution in [-0.2, 0) is 32.7 Å². The first-order chi connectivity index (χ1) is 48.0. The third-order valence-electron chi connectivity index (χ3n) is 19.5. The summed E-state index contributed by atoms with van der Waals surface area (Å²) < 4.78 is 34.5. The van der Waals surface area contributed by atoms with E-state index in [1.165, 1.54) is 347 Å². The molecule has 0 fully saturated rings. The van der Waals surface area contributed by atoms with Gasteiger partial charge < -0.3 is 27.9 Å². The number of hydrogen-bond donors (Lipinski definition) is 0. The van der Waals surface area contributed by atoms with Crippen LogP contribution in [0.15, 0.2) is 60.8 Å². The number of nitrogens with zero attached hydrogens (tertiary/aromatic N) is 1. The summed E-state index contributed by atoms with van der Waals surface area (Å²) in [5.41, 5.74) is 0. The molecule has 0 saturated heterocycles. The second kappa shape index (κ2) is 78.8. The summed E-state index contributed by atoms with van der Waals surface area (Å²) in [6.45, 7) is 4.21. The third kappa shape index (κ3) is 82.7. The van der Waals surface area contributed by atoms with Gasteiger partial charge in [0.1, 0.15) is 19.8 Å². The fourth-order valence-electron chi connectivity index (χ4n) is 13.0. The van der Waals surface area contributed by atoms with Crippen LogP contribution in [0.1, 0.15) is 438 Å². The Kier molecular flexibility index (Phi) is 77.0. The Morgan fingerprint density at radius 3 is 0.878 bits per heavy atom. The first kappa shape index (κ1) is 95.7. The highest BCUT2D eigenvalue weighted by atomic mass is 31.2. The Morgan fingerprint density at radius 2 is 0.582 bits per heavy atom. The van der Waals surface area contributed by atoms with E-state index in [0.29, 0.717) is 17.4 Å². The van der Waals surface area contributed by atoms with Gasteiger partial charge in [0.25, 0.3) is 7.82 Å². The van der Waals surface area contributed by atoms with Crippen molar-refractivity contribution in [3.05, 3.63) is 60.8 Å². The number of unbranched alkanes of at least 4 members (excludes halogenated alkanes) is 57. The normalized spacial score (nSPS) is 13.2. The summed E-state index contributed by atoms with van der Waals surface area (Å²) >= 11 is 0. The average molecular weight is 1400 g/mol. The Bertz CT molecular complexity index is 1840. The first-order valence-electron chi connectivity index (χ1n) is 43.0. The number of phosphoric acid groups is 1. The molecule has 0 saturated carbocycles. The maximum atomic E-state index is 12.9. The topological polar surface area (TPSA) is 111 Å². The average Bonchev–Trinajstić information content (AvgIpc) is 1.08. The van der Waals surface area contributed by atoms with Gasteiger partial charge in [0.05, 0.1) is 27.7 Å². The minimum atomic E-state index is -4.65. The highest BCUT2D eigenvalue weighted by Gasteiger charge is 2.22. The molecule has 0 aromatic carbocycles. The van der Waals surface area contributed by atoms with Crippen molar-refractivity contribution in [3.63, 3.8) is 0 Å². The second-order valence-electron chi connectivity index (χ2n) is 30.5. The van der Waals surface area contributed by atoms with E-state index in [-0.39, 0.29) is 32.0 Å². The number of ether oxygens (including phenoxy) is 2. The van der Waals surface area contributed by atoms with E-state index in [2.05, 4.69) is 74.6 Å². The van der Waals surface area contributed by atoms with Crippen molar-refractivity contribution >= 4 is 19.8 Å². The number of quaternary nitrogens is 1. The lowest BCUT2D eigenvalue weighted by atomic mass is 10.0. The lowest BCUT2D eigenvalue weighted by Crippen LogP contribution is -2.37. The van der Waals surface area contributed by atoms with E-state index in [0.717, 1.165) is 57.8 Å². The summed E-state index contributed by atoms with van der Waals surface area (Å²) in [6.07, 6.45) is 107. The van der Waals surface area contributed by atoms with Crippen molar-refractivity contribution in [1.29, 1.82) is 0 Å². The second-order valence-corrected chi connectivity index (χ2v) is 31.9. The molecule has 0 aliphatic carbocycles. The molecule has 9 nitrogen and oxygen atoms in total. The smallest absolute Gasteiger partial charge is 0.306 e. The van der Waals surface area contributed by atoms with E-state index >= 15 is 0 Å². The number of carbonyl (C=O) groups is 2. The summed E-state index contributed by atoms with van der Waals surface area (Å²) in [5.74, 6) is -0.807. The number of phosphoric ester groups is 1. The van der Waals surface area contributed by atoms with Crippen LogP contribution in [0, 0.1) is 0 Å². The van der Waals surface area contributed by atoms with Crippen molar-refractivity contribution in [2.24, 2.45) is 0 Å². The third-order valence-corrected chi connectivity index (χ3v) is 20.5. The lowest BCUT2D eigenvalue weighted by molar-refractivity contribution is -0.870. The zero-order chi connectivity index (χ0) is 71.1. The van der Waals surface area contributed by atoms with E-state index in [4.69, 9.17) is 18.5 Å². The fourth-order valence-corrected chi connectivity index (χ4v) is 13.7. The van der Waals surface area contributed by atoms with Crippen LogP contribution in [-0.4, -0.2) is 70.0 Å². The van der Waals surface area contributed by atoms with Crippen LogP contribution in [0.25, 0.3) is 0 Å². The molecule has 0 amide bonds. The Balaban J connectivity index is 3.86. The van der Waals surface area contributed by atoms with Crippen LogP contribution < -0.4 is 4.89 Å². The highest BCUT2D eigenvalue weighted by Crippen LogP contribution is 2.38. The van der Waals surface area contributed by atoms with E-state index in [1.54, 1.807) is 0 Å². The molecule has 0 aromatic rings. The predicted molar refractivity (Wildman–Crippen MR) is 425 cm³/mol. The van der Waals surface area contributed by atoms with E-state index in [9.17, 15) is 19.0 Å². The van der Waals surface area contributed by atoms with Gasteiger partial charge in [-0.3, -0.25) is 14.2 Å². The van der Waals surface area contributed by atoms with Gasteiger partial charge in [0.2, 0.25) is 0 Å². The maximum absolute atomic E-state index is 12.9. The minimum absolute atomic E-state index is 0.0278.